The van der Waals surface area contributed by atoms with Crippen molar-refractivity contribution in [2.24, 2.45) is 4.99 Å². The maximum Gasteiger partial charge on any atom is 0.138 e. The van der Waals surface area contributed by atoms with E-state index in [9.17, 15) is 0 Å². The Morgan fingerprint density at radius 2 is 2.00 bits per heavy atom. The Bertz CT molecular complexity index is 566. The standard InChI is InChI=1S/C16H23N3S2/c1-4-5-13-10-14-15(19-8-6-18(3)7-9-19)17-12(2)11-20-16(14)21-13/h10-11H,4-9H2,1-3H3. The van der Waals surface area contributed by atoms with Crippen LogP contribution in [0.3, 0.4) is 0 Å². The maximum absolute atomic E-state index is 4.91. The van der Waals surface area contributed by atoms with Gasteiger partial charge in [-0.1, -0.05) is 25.1 Å². The van der Waals surface area contributed by atoms with E-state index in [-0.39, 0.29) is 0 Å². The highest BCUT2D eigenvalue weighted by atomic mass is 32.2. The maximum atomic E-state index is 4.91. The third-order valence-corrected chi connectivity index (χ3v) is 6.33. The predicted molar refractivity (Wildman–Crippen MR) is 93.5 cm³/mol. The van der Waals surface area contributed by atoms with Gasteiger partial charge in [0.15, 0.2) is 0 Å². The molecule has 0 amide bonds. The molecule has 0 spiro atoms. The topological polar surface area (TPSA) is 18.8 Å². The molecule has 0 aliphatic carbocycles. The second-order valence-corrected chi connectivity index (χ2v) is 8.04. The van der Waals surface area contributed by atoms with Crippen LogP contribution >= 0.6 is 23.1 Å². The summed E-state index contributed by atoms with van der Waals surface area (Å²) in [5, 5.41) is 2.19. The van der Waals surface area contributed by atoms with Crippen molar-refractivity contribution < 1.29 is 0 Å². The number of aliphatic imine (C=N–C) groups is 1. The molecule has 2 aliphatic heterocycles. The van der Waals surface area contributed by atoms with Crippen molar-refractivity contribution in [3.05, 3.63) is 27.6 Å². The zero-order chi connectivity index (χ0) is 14.8. The predicted octanol–water partition coefficient (Wildman–Crippen LogP) is 3.66. The van der Waals surface area contributed by atoms with Crippen molar-refractivity contribution in [2.75, 3.05) is 33.2 Å². The second-order valence-electron chi connectivity index (χ2n) is 5.77. The molecule has 5 heteroatoms. The Balaban J connectivity index is 1.92. The van der Waals surface area contributed by atoms with Gasteiger partial charge in [-0.25, -0.2) is 4.99 Å². The van der Waals surface area contributed by atoms with Crippen LogP contribution in [0.2, 0.25) is 0 Å². The number of allylic oxidation sites excluding steroid dienone is 1. The fraction of sp³-hybridized carbons (Fsp3) is 0.562. The Morgan fingerprint density at radius 1 is 1.24 bits per heavy atom. The van der Waals surface area contributed by atoms with Gasteiger partial charge in [-0.05, 0) is 31.9 Å². The summed E-state index contributed by atoms with van der Waals surface area (Å²) in [6, 6.07) is 2.38. The molecule has 0 atom stereocenters. The minimum absolute atomic E-state index is 1.08. The Kier molecular flexibility index (Phi) is 4.72. The van der Waals surface area contributed by atoms with Crippen molar-refractivity contribution >= 4 is 28.9 Å². The zero-order valence-electron chi connectivity index (χ0n) is 13.1. The van der Waals surface area contributed by atoms with Gasteiger partial charge in [-0.2, -0.15) is 0 Å². The van der Waals surface area contributed by atoms with Crippen LogP contribution in [-0.2, 0) is 6.42 Å². The number of thiophene rings is 1. The average molecular weight is 322 g/mol. The summed E-state index contributed by atoms with van der Waals surface area (Å²) in [7, 11) is 2.20. The Labute approximate surface area is 135 Å². The van der Waals surface area contributed by atoms with Crippen LogP contribution in [0.15, 0.2) is 26.4 Å². The molecule has 0 radical (unpaired) electrons. The summed E-state index contributed by atoms with van der Waals surface area (Å²) >= 11 is 3.78. The van der Waals surface area contributed by atoms with E-state index in [1.807, 2.05) is 23.1 Å². The summed E-state index contributed by atoms with van der Waals surface area (Å²) in [5.41, 5.74) is 2.47. The first kappa shape index (κ1) is 15.1. The third-order valence-electron chi connectivity index (χ3n) is 3.91. The van der Waals surface area contributed by atoms with E-state index in [0.29, 0.717) is 0 Å². The highest BCUT2D eigenvalue weighted by Crippen LogP contribution is 2.37. The number of rotatable bonds is 2. The molecule has 0 bridgehead atoms. The Hall–Kier alpha value is -0.780. The van der Waals surface area contributed by atoms with Crippen molar-refractivity contribution in [3.63, 3.8) is 0 Å². The number of amidine groups is 1. The van der Waals surface area contributed by atoms with Gasteiger partial charge in [-0.15, -0.1) is 11.3 Å². The molecule has 3 nitrogen and oxygen atoms in total. The second kappa shape index (κ2) is 6.55. The van der Waals surface area contributed by atoms with E-state index in [4.69, 9.17) is 4.99 Å². The van der Waals surface area contributed by atoms with Crippen molar-refractivity contribution in [1.29, 1.82) is 0 Å². The summed E-state index contributed by atoms with van der Waals surface area (Å²) in [6.07, 6.45) is 2.39. The zero-order valence-corrected chi connectivity index (χ0v) is 14.7. The summed E-state index contributed by atoms with van der Waals surface area (Å²) in [4.78, 5) is 11.3. The van der Waals surface area contributed by atoms with Crippen molar-refractivity contribution in [1.82, 2.24) is 9.80 Å². The molecule has 0 saturated carbocycles. The van der Waals surface area contributed by atoms with Crippen molar-refractivity contribution in [3.8, 4) is 0 Å². The minimum Gasteiger partial charge on any atom is -0.353 e. The van der Waals surface area contributed by atoms with Crippen LogP contribution in [0.25, 0.3) is 0 Å². The van der Waals surface area contributed by atoms with E-state index >= 15 is 0 Å². The molecule has 3 rings (SSSR count). The largest absolute Gasteiger partial charge is 0.353 e. The molecule has 1 aromatic rings. The first-order chi connectivity index (χ1) is 10.2. The number of hydrogen-bond acceptors (Lipinski definition) is 5. The average Bonchev–Trinajstić information content (AvgIpc) is 2.80. The first-order valence-corrected chi connectivity index (χ1v) is 9.35. The van der Waals surface area contributed by atoms with Gasteiger partial charge in [0.2, 0.25) is 0 Å². The van der Waals surface area contributed by atoms with Crippen LogP contribution in [0.4, 0.5) is 0 Å². The monoisotopic (exact) mass is 321 g/mol. The SMILES string of the molecule is CCCc1cc2c(s1)SC=C(C)N=C2N1CCN(C)CC1. The van der Waals surface area contributed by atoms with Crippen LogP contribution in [-0.4, -0.2) is 48.9 Å². The van der Waals surface area contributed by atoms with E-state index in [0.717, 1.165) is 31.9 Å². The van der Waals surface area contributed by atoms with Crippen LogP contribution in [0.1, 0.15) is 30.7 Å². The number of hydrogen-bond donors (Lipinski definition) is 0. The van der Waals surface area contributed by atoms with Gasteiger partial charge in [0.05, 0.1) is 4.21 Å². The first-order valence-electron chi connectivity index (χ1n) is 7.66. The number of piperazine rings is 1. The van der Waals surface area contributed by atoms with Crippen molar-refractivity contribution in [2.45, 2.75) is 30.9 Å². The lowest BCUT2D eigenvalue weighted by Gasteiger charge is -2.34. The highest BCUT2D eigenvalue weighted by Gasteiger charge is 2.24. The van der Waals surface area contributed by atoms with Crippen LogP contribution in [0.5, 0.6) is 0 Å². The molecular formula is C16H23N3S2. The summed E-state index contributed by atoms with van der Waals surface area (Å²) in [5.74, 6) is 1.19. The fourth-order valence-electron chi connectivity index (χ4n) is 2.69. The summed E-state index contributed by atoms with van der Waals surface area (Å²) in [6.45, 7) is 8.74. The quantitative estimate of drug-likeness (QED) is 0.828. The molecule has 0 N–H and O–H groups in total. The molecule has 0 unspecified atom stereocenters. The van der Waals surface area contributed by atoms with E-state index in [2.05, 4.69) is 42.2 Å². The summed E-state index contributed by atoms with van der Waals surface area (Å²) < 4.78 is 1.41. The van der Waals surface area contributed by atoms with Crippen LogP contribution < -0.4 is 0 Å². The number of likely N-dealkylation sites (N-methyl/N-ethyl adjacent to an activating group) is 1. The van der Waals surface area contributed by atoms with E-state index in [1.54, 1.807) is 0 Å². The van der Waals surface area contributed by atoms with Gasteiger partial charge in [-0.3, -0.25) is 0 Å². The molecular weight excluding hydrogens is 298 g/mol. The fourth-order valence-corrected chi connectivity index (χ4v) is 4.93. The molecule has 1 fully saturated rings. The molecule has 3 heterocycles. The lowest BCUT2D eigenvalue weighted by molar-refractivity contribution is 0.215. The normalized spacial score (nSPS) is 19.9. The van der Waals surface area contributed by atoms with Gasteiger partial charge >= 0.3 is 0 Å². The third kappa shape index (κ3) is 3.35. The van der Waals surface area contributed by atoms with E-state index < -0.39 is 0 Å². The molecule has 0 aromatic carbocycles. The lowest BCUT2D eigenvalue weighted by Crippen LogP contribution is -2.47. The smallest absolute Gasteiger partial charge is 0.138 e. The molecule has 2 aliphatic rings. The minimum atomic E-state index is 1.08. The molecule has 114 valence electrons. The van der Waals surface area contributed by atoms with E-state index in [1.165, 1.54) is 33.3 Å². The van der Waals surface area contributed by atoms with Gasteiger partial charge < -0.3 is 9.80 Å². The molecule has 21 heavy (non-hydrogen) atoms. The number of thioether (sulfide) groups is 1. The molecule has 1 aromatic heterocycles. The van der Waals surface area contributed by atoms with Crippen LogP contribution in [0, 0.1) is 0 Å². The highest BCUT2D eigenvalue weighted by molar-refractivity contribution is 8.04. The van der Waals surface area contributed by atoms with Gasteiger partial charge in [0.1, 0.15) is 5.84 Å². The number of nitrogens with zero attached hydrogens (tertiary/aromatic N) is 3. The van der Waals surface area contributed by atoms with Gasteiger partial charge in [0.25, 0.3) is 0 Å². The Morgan fingerprint density at radius 3 is 2.71 bits per heavy atom. The number of aryl methyl sites for hydroxylation is 1. The number of fused-ring (bicyclic) bond motifs is 1. The van der Waals surface area contributed by atoms with Gasteiger partial charge in [0, 0.05) is 42.3 Å². The lowest BCUT2D eigenvalue weighted by atomic mass is 10.2. The molecule has 1 saturated heterocycles.